The maximum absolute atomic E-state index is 13.5. The Morgan fingerprint density at radius 2 is 2.06 bits per heavy atom. The lowest BCUT2D eigenvalue weighted by atomic mass is 9.98. The number of carbonyl (C=O) groups excluding carboxylic acids is 1. The molecular weight excluding hydrogens is 221 g/mol. The smallest absolute Gasteiger partial charge is 0.331 e. The van der Waals surface area contributed by atoms with E-state index < -0.39 is 5.54 Å². The van der Waals surface area contributed by atoms with Crippen LogP contribution in [-0.4, -0.2) is 18.1 Å². The van der Waals surface area contributed by atoms with Crippen molar-refractivity contribution in [1.82, 2.24) is 0 Å². The van der Waals surface area contributed by atoms with E-state index in [1.165, 1.54) is 6.07 Å². The molecule has 4 heteroatoms. The van der Waals surface area contributed by atoms with Gasteiger partial charge in [-0.1, -0.05) is 19.1 Å². The SMILES string of the molecule is CCOC(=O)C(C)(CC)Nc1ccccc1F. The van der Waals surface area contributed by atoms with Crippen molar-refractivity contribution in [2.45, 2.75) is 32.7 Å². The molecular formula is C13H18FNO2. The second-order valence-corrected chi connectivity index (χ2v) is 4.01. The Balaban J connectivity index is 2.89. The largest absolute Gasteiger partial charge is 0.464 e. The number of ether oxygens (including phenoxy) is 1. The van der Waals surface area contributed by atoms with Crippen LogP contribution in [0.5, 0.6) is 0 Å². The fourth-order valence-corrected chi connectivity index (χ4v) is 1.43. The monoisotopic (exact) mass is 239 g/mol. The van der Waals surface area contributed by atoms with E-state index in [0.717, 1.165) is 0 Å². The molecule has 0 aliphatic carbocycles. The quantitative estimate of drug-likeness (QED) is 0.803. The summed E-state index contributed by atoms with van der Waals surface area (Å²) in [5, 5.41) is 2.91. The van der Waals surface area contributed by atoms with Gasteiger partial charge in [0.05, 0.1) is 12.3 Å². The number of benzene rings is 1. The molecule has 0 spiro atoms. The van der Waals surface area contributed by atoms with E-state index >= 15 is 0 Å². The lowest BCUT2D eigenvalue weighted by Gasteiger charge is -2.28. The Morgan fingerprint density at radius 3 is 2.59 bits per heavy atom. The van der Waals surface area contributed by atoms with Crippen molar-refractivity contribution in [3.63, 3.8) is 0 Å². The van der Waals surface area contributed by atoms with Gasteiger partial charge in [-0.05, 0) is 32.4 Å². The van der Waals surface area contributed by atoms with Gasteiger partial charge in [-0.15, -0.1) is 0 Å². The first kappa shape index (κ1) is 13.5. The molecule has 0 bridgehead atoms. The molecule has 1 unspecified atom stereocenters. The van der Waals surface area contributed by atoms with Gasteiger partial charge in [0.15, 0.2) is 0 Å². The molecule has 0 radical (unpaired) electrons. The molecule has 0 aromatic heterocycles. The highest BCUT2D eigenvalue weighted by Gasteiger charge is 2.33. The summed E-state index contributed by atoms with van der Waals surface area (Å²) in [6.07, 6.45) is 0.514. The van der Waals surface area contributed by atoms with E-state index in [-0.39, 0.29) is 11.8 Å². The molecule has 0 fully saturated rings. The number of rotatable bonds is 5. The molecule has 94 valence electrons. The minimum atomic E-state index is -0.905. The van der Waals surface area contributed by atoms with Crippen molar-refractivity contribution in [3.05, 3.63) is 30.1 Å². The molecule has 1 aromatic carbocycles. The maximum atomic E-state index is 13.5. The van der Waals surface area contributed by atoms with Crippen LogP contribution in [0.3, 0.4) is 0 Å². The van der Waals surface area contributed by atoms with Gasteiger partial charge >= 0.3 is 5.97 Å². The van der Waals surface area contributed by atoms with Crippen molar-refractivity contribution >= 4 is 11.7 Å². The molecule has 0 aliphatic rings. The predicted octanol–water partition coefficient (Wildman–Crippen LogP) is 2.97. The standard InChI is InChI=1S/C13H18FNO2/c1-4-13(3,12(16)17-5-2)15-11-9-7-6-8-10(11)14/h6-9,15H,4-5H2,1-3H3. The van der Waals surface area contributed by atoms with Crippen LogP contribution in [0.4, 0.5) is 10.1 Å². The average molecular weight is 239 g/mol. The lowest BCUT2D eigenvalue weighted by Crippen LogP contribution is -2.44. The summed E-state index contributed by atoms with van der Waals surface area (Å²) in [4.78, 5) is 11.8. The van der Waals surface area contributed by atoms with E-state index in [2.05, 4.69) is 5.32 Å². The Hall–Kier alpha value is -1.58. The third-order valence-electron chi connectivity index (χ3n) is 2.72. The third-order valence-corrected chi connectivity index (χ3v) is 2.72. The first-order chi connectivity index (χ1) is 8.03. The van der Waals surface area contributed by atoms with E-state index in [1.54, 1.807) is 32.0 Å². The van der Waals surface area contributed by atoms with Crippen molar-refractivity contribution < 1.29 is 13.9 Å². The minimum Gasteiger partial charge on any atom is -0.464 e. The Kier molecular flexibility index (Phi) is 4.49. The van der Waals surface area contributed by atoms with Gasteiger partial charge in [-0.25, -0.2) is 9.18 Å². The summed E-state index contributed by atoms with van der Waals surface area (Å²) in [6, 6.07) is 6.27. The fraction of sp³-hybridized carbons (Fsp3) is 0.462. The molecule has 0 amide bonds. The van der Waals surface area contributed by atoms with Crippen molar-refractivity contribution in [1.29, 1.82) is 0 Å². The number of halogens is 1. The molecule has 0 heterocycles. The zero-order chi connectivity index (χ0) is 12.9. The molecule has 0 saturated heterocycles. The third kappa shape index (κ3) is 3.19. The maximum Gasteiger partial charge on any atom is 0.331 e. The minimum absolute atomic E-state index is 0.310. The van der Waals surface area contributed by atoms with Crippen molar-refractivity contribution in [2.75, 3.05) is 11.9 Å². The van der Waals surface area contributed by atoms with E-state index in [4.69, 9.17) is 4.74 Å². The van der Waals surface area contributed by atoms with Crippen molar-refractivity contribution in [2.24, 2.45) is 0 Å². The molecule has 1 N–H and O–H groups in total. The number of hydrogen-bond donors (Lipinski definition) is 1. The topological polar surface area (TPSA) is 38.3 Å². The zero-order valence-corrected chi connectivity index (χ0v) is 10.4. The van der Waals surface area contributed by atoms with Gasteiger partial charge in [0.2, 0.25) is 0 Å². The lowest BCUT2D eigenvalue weighted by molar-refractivity contribution is -0.148. The second-order valence-electron chi connectivity index (χ2n) is 4.01. The number of hydrogen-bond acceptors (Lipinski definition) is 3. The summed E-state index contributed by atoms with van der Waals surface area (Å²) < 4.78 is 18.5. The molecule has 0 saturated carbocycles. The number of nitrogens with one attached hydrogen (secondary N) is 1. The van der Waals surface area contributed by atoms with Gasteiger partial charge in [-0.2, -0.15) is 0 Å². The van der Waals surface area contributed by atoms with Gasteiger partial charge in [-0.3, -0.25) is 0 Å². The Bertz CT molecular complexity index is 395. The number of carbonyl (C=O) groups is 1. The summed E-state index contributed by atoms with van der Waals surface area (Å²) >= 11 is 0. The van der Waals surface area contributed by atoms with Crippen LogP contribution < -0.4 is 5.32 Å². The summed E-state index contributed by atoms with van der Waals surface area (Å²) in [5.74, 6) is -0.748. The van der Waals surface area contributed by atoms with Gasteiger partial charge in [0.25, 0.3) is 0 Å². The molecule has 1 aromatic rings. The zero-order valence-electron chi connectivity index (χ0n) is 10.4. The fourth-order valence-electron chi connectivity index (χ4n) is 1.43. The summed E-state index contributed by atoms with van der Waals surface area (Å²) in [7, 11) is 0. The summed E-state index contributed by atoms with van der Waals surface area (Å²) in [6.45, 7) is 5.62. The second kappa shape index (κ2) is 5.66. The van der Waals surface area contributed by atoms with E-state index in [0.29, 0.717) is 18.7 Å². The normalized spacial score (nSPS) is 13.9. The van der Waals surface area contributed by atoms with Crippen LogP contribution in [0.25, 0.3) is 0 Å². The van der Waals surface area contributed by atoms with Crippen LogP contribution in [-0.2, 0) is 9.53 Å². The molecule has 1 rings (SSSR count). The van der Waals surface area contributed by atoms with E-state index in [1.807, 2.05) is 6.92 Å². The highest BCUT2D eigenvalue weighted by atomic mass is 19.1. The highest BCUT2D eigenvalue weighted by Crippen LogP contribution is 2.22. The highest BCUT2D eigenvalue weighted by molar-refractivity contribution is 5.84. The number of esters is 1. The van der Waals surface area contributed by atoms with Crippen LogP contribution >= 0.6 is 0 Å². The van der Waals surface area contributed by atoms with Gasteiger partial charge < -0.3 is 10.1 Å². The van der Waals surface area contributed by atoms with Crippen LogP contribution in [0, 0.1) is 5.82 Å². The van der Waals surface area contributed by atoms with Gasteiger partial charge in [0.1, 0.15) is 11.4 Å². The number of para-hydroxylation sites is 1. The van der Waals surface area contributed by atoms with Gasteiger partial charge in [0, 0.05) is 0 Å². The first-order valence-electron chi connectivity index (χ1n) is 5.73. The Morgan fingerprint density at radius 1 is 1.41 bits per heavy atom. The molecule has 1 atom stereocenters. The molecule has 3 nitrogen and oxygen atoms in total. The first-order valence-corrected chi connectivity index (χ1v) is 5.73. The average Bonchev–Trinajstić information content (AvgIpc) is 2.32. The van der Waals surface area contributed by atoms with Crippen molar-refractivity contribution in [3.8, 4) is 0 Å². The van der Waals surface area contributed by atoms with Crippen LogP contribution in [0.1, 0.15) is 27.2 Å². The predicted molar refractivity (Wildman–Crippen MR) is 65.4 cm³/mol. The Labute approximate surface area is 101 Å². The number of anilines is 1. The molecule has 17 heavy (non-hydrogen) atoms. The van der Waals surface area contributed by atoms with Crippen LogP contribution in [0.2, 0.25) is 0 Å². The summed E-state index contributed by atoms with van der Waals surface area (Å²) in [5.41, 5.74) is -0.594. The molecule has 0 aliphatic heterocycles. The van der Waals surface area contributed by atoms with E-state index in [9.17, 15) is 9.18 Å². The van der Waals surface area contributed by atoms with Crippen LogP contribution in [0.15, 0.2) is 24.3 Å².